The van der Waals surface area contributed by atoms with Gasteiger partial charge in [-0.25, -0.2) is 0 Å². The van der Waals surface area contributed by atoms with Gasteiger partial charge in [-0.05, 0) is 30.9 Å². The van der Waals surface area contributed by atoms with Crippen LogP contribution in [0.4, 0.5) is 0 Å². The summed E-state index contributed by atoms with van der Waals surface area (Å²) in [4.78, 5) is 0. The highest BCUT2D eigenvalue weighted by Gasteiger charge is 2.32. The molecule has 2 aromatic rings. The molecule has 1 atom stereocenters. The van der Waals surface area contributed by atoms with Gasteiger partial charge in [0.25, 0.3) is 0 Å². The summed E-state index contributed by atoms with van der Waals surface area (Å²) in [5.41, 5.74) is 1.68. The standard InChI is InChI=1S/C22H26O2/c1-19(24)22(18-23,16-8-14-20-10-4-2-5-11-20)17-9-15-21-12-6-3-7-13-21/h2-15,19,23-24H,16-18H2,1H3/b14-8+,15-9+. The van der Waals surface area contributed by atoms with Gasteiger partial charge in [0, 0.05) is 5.41 Å². The number of hydrogen-bond acceptors (Lipinski definition) is 2. The SMILES string of the molecule is CC(O)C(CO)(C/C=C/c1ccccc1)C/C=C/c1ccccc1. The average Bonchev–Trinajstić information content (AvgIpc) is 2.62. The first-order valence-corrected chi connectivity index (χ1v) is 8.38. The first-order valence-electron chi connectivity index (χ1n) is 8.38. The fourth-order valence-electron chi connectivity index (χ4n) is 2.67. The molecular weight excluding hydrogens is 296 g/mol. The van der Waals surface area contributed by atoms with Gasteiger partial charge in [-0.1, -0.05) is 85.0 Å². The van der Waals surface area contributed by atoms with E-state index in [1.54, 1.807) is 6.92 Å². The Morgan fingerprint density at radius 2 is 1.25 bits per heavy atom. The molecule has 24 heavy (non-hydrogen) atoms. The van der Waals surface area contributed by atoms with E-state index < -0.39 is 11.5 Å². The van der Waals surface area contributed by atoms with Crippen molar-refractivity contribution in [1.29, 1.82) is 0 Å². The predicted octanol–water partition coefficient (Wildman–Crippen LogP) is 4.55. The summed E-state index contributed by atoms with van der Waals surface area (Å²) in [5.74, 6) is 0. The molecule has 2 N–H and O–H groups in total. The molecule has 0 amide bonds. The van der Waals surface area contributed by atoms with E-state index in [-0.39, 0.29) is 6.61 Å². The minimum Gasteiger partial charge on any atom is -0.396 e. The molecule has 0 fully saturated rings. The number of hydrogen-bond donors (Lipinski definition) is 2. The van der Waals surface area contributed by atoms with E-state index >= 15 is 0 Å². The Hall–Kier alpha value is -2.16. The van der Waals surface area contributed by atoms with Crippen LogP contribution in [0.25, 0.3) is 12.2 Å². The highest BCUT2D eigenvalue weighted by Crippen LogP contribution is 2.32. The second-order valence-electron chi connectivity index (χ2n) is 6.23. The topological polar surface area (TPSA) is 40.5 Å². The first kappa shape index (κ1) is 18.2. The van der Waals surface area contributed by atoms with Gasteiger partial charge >= 0.3 is 0 Å². The van der Waals surface area contributed by atoms with Crippen LogP contribution in [0.15, 0.2) is 72.8 Å². The largest absolute Gasteiger partial charge is 0.396 e. The number of aliphatic hydroxyl groups is 2. The van der Waals surface area contributed by atoms with Gasteiger partial charge in [0.15, 0.2) is 0 Å². The minimum absolute atomic E-state index is 0.0527. The van der Waals surface area contributed by atoms with Crippen LogP contribution in [0.5, 0.6) is 0 Å². The fourth-order valence-corrected chi connectivity index (χ4v) is 2.67. The quantitative estimate of drug-likeness (QED) is 0.748. The summed E-state index contributed by atoms with van der Waals surface area (Å²) < 4.78 is 0. The maximum Gasteiger partial charge on any atom is 0.0596 e. The van der Waals surface area contributed by atoms with Crippen LogP contribution in [-0.2, 0) is 0 Å². The van der Waals surface area contributed by atoms with Crippen LogP contribution in [0.2, 0.25) is 0 Å². The third kappa shape index (κ3) is 5.19. The Labute approximate surface area is 144 Å². The summed E-state index contributed by atoms with van der Waals surface area (Å²) in [5, 5.41) is 20.1. The molecule has 2 aromatic carbocycles. The number of aliphatic hydroxyl groups excluding tert-OH is 2. The van der Waals surface area contributed by atoms with Crippen LogP contribution in [0.3, 0.4) is 0 Å². The highest BCUT2D eigenvalue weighted by molar-refractivity contribution is 5.50. The van der Waals surface area contributed by atoms with E-state index in [0.717, 1.165) is 11.1 Å². The Morgan fingerprint density at radius 3 is 1.58 bits per heavy atom. The maximum absolute atomic E-state index is 10.2. The summed E-state index contributed by atoms with van der Waals surface area (Å²) >= 11 is 0. The lowest BCUT2D eigenvalue weighted by Gasteiger charge is -2.33. The Kier molecular flexibility index (Phi) is 6.98. The van der Waals surface area contributed by atoms with Crippen LogP contribution in [-0.4, -0.2) is 22.9 Å². The van der Waals surface area contributed by atoms with Crippen molar-refractivity contribution in [2.24, 2.45) is 5.41 Å². The molecule has 0 heterocycles. The zero-order valence-electron chi connectivity index (χ0n) is 14.2. The maximum atomic E-state index is 10.2. The first-order chi connectivity index (χ1) is 11.7. The van der Waals surface area contributed by atoms with Gasteiger partial charge in [-0.3, -0.25) is 0 Å². The summed E-state index contributed by atoms with van der Waals surface area (Å²) in [6, 6.07) is 20.1. The second kappa shape index (κ2) is 9.21. The lowest BCUT2D eigenvalue weighted by molar-refractivity contribution is -0.00268. The van der Waals surface area contributed by atoms with Crippen molar-refractivity contribution in [1.82, 2.24) is 0 Å². The summed E-state index contributed by atoms with van der Waals surface area (Å²) in [6.45, 7) is 1.70. The lowest BCUT2D eigenvalue weighted by atomic mass is 9.77. The van der Waals surface area contributed by atoms with Gasteiger partial charge in [-0.15, -0.1) is 0 Å². The van der Waals surface area contributed by atoms with Crippen LogP contribution < -0.4 is 0 Å². The second-order valence-corrected chi connectivity index (χ2v) is 6.23. The Bertz CT molecular complexity index is 591. The van der Waals surface area contributed by atoms with Gasteiger partial charge < -0.3 is 10.2 Å². The third-order valence-electron chi connectivity index (χ3n) is 4.47. The van der Waals surface area contributed by atoms with E-state index in [0.29, 0.717) is 12.8 Å². The van der Waals surface area contributed by atoms with Gasteiger partial charge in [-0.2, -0.15) is 0 Å². The van der Waals surface area contributed by atoms with Crippen molar-refractivity contribution in [3.05, 3.63) is 83.9 Å². The predicted molar refractivity (Wildman–Crippen MR) is 101 cm³/mol. The van der Waals surface area contributed by atoms with Crippen molar-refractivity contribution >= 4 is 12.2 Å². The molecule has 0 aliphatic rings. The van der Waals surface area contributed by atoms with Crippen molar-refractivity contribution in [3.63, 3.8) is 0 Å². The lowest BCUT2D eigenvalue weighted by Crippen LogP contribution is -2.36. The van der Waals surface area contributed by atoms with E-state index in [2.05, 4.69) is 0 Å². The van der Waals surface area contributed by atoms with Crippen LogP contribution in [0, 0.1) is 5.41 Å². The van der Waals surface area contributed by atoms with Gasteiger partial charge in [0.05, 0.1) is 12.7 Å². The molecule has 0 aliphatic carbocycles. The smallest absolute Gasteiger partial charge is 0.0596 e. The van der Waals surface area contributed by atoms with E-state index in [9.17, 15) is 10.2 Å². The molecule has 126 valence electrons. The van der Waals surface area contributed by atoms with E-state index in [1.807, 2.05) is 85.0 Å². The number of allylic oxidation sites excluding steroid dienone is 2. The Morgan fingerprint density at radius 1 is 0.833 bits per heavy atom. The van der Waals surface area contributed by atoms with E-state index in [1.165, 1.54) is 0 Å². The average molecular weight is 322 g/mol. The molecule has 2 nitrogen and oxygen atoms in total. The summed E-state index contributed by atoms with van der Waals surface area (Å²) in [7, 11) is 0. The van der Waals surface area contributed by atoms with Crippen molar-refractivity contribution < 1.29 is 10.2 Å². The molecule has 0 saturated carbocycles. The molecule has 2 heteroatoms. The van der Waals surface area contributed by atoms with Crippen molar-refractivity contribution in [3.8, 4) is 0 Å². The molecular formula is C22H26O2. The number of rotatable bonds is 8. The normalized spacial score (nSPS) is 13.6. The fraction of sp³-hybridized carbons (Fsp3) is 0.273. The molecule has 2 rings (SSSR count). The van der Waals surface area contributed by atoms with Crippen LogP contribution >= 0.6 is 0 Å². The zero-order valence-corrected chi connectivity index (χ0v) is 14.2. The molecule has 0 radical (unpaired) electrons. The van der Waals surface area contributed by atoms with Crippen molar-refractivity contribution in [2.45, 2.75) is 25.9 Å². The van der Waals surface area contributed by atoms with Gasteiger partial charge in [0.1, 0.15) is 0 Å². The van der Waals surface area contributed by atoms with Crippen LogP contribution in [0.1, 0.15) is 30.9 Å². The molecule has 0 saturated heterocycles. The molecule has 0 aromatic heterocycles. The molecule has 0 bridgehead atoms. The third-order valence-corrected chi connectivity index (χ3v) is 4.47. The minimum atomic E-state index is -0.594. The number of benzene rings is 2. The Balaban J connectivity index is 2.05. The molecule has 1 unspecified atom stereocenters. The van der Waals surface area contributed by atoms with Crippen molar-refractivity contribution in [2.75, 3.05) is 6.61 Å². The summed E-state index contributed by atoms with van der Waals surface area (Å²) in [6.07, 6.45) is 8.79. The van der Waals surface area contributed by atoms with E-state index in [4.69, 9.17) is 0 Å². The monoisotopic (exact) mass is 322 g/mol. The highest BCUT2D eigenvalue weighted by atomic mass is 16.3. The molecule has 0 spiro atoms. The zero-order chi connectivity index (χ0) is 17.3. The van der Waals surface area contributed by atoms with Gasteiger partial charge in [0.2, 0.25) is 0 Å². The molecule has 0 aliphatic heterocycles.